The first-order valence-corrected chi connectivity index (χ1v) is 5.17. The normalized spacial score (nSPS) is 10.4. The van der Waals surface area contributed by atoms with E-state index in [9.17, 15) is 4.79 Å². The largest absolute Gasteiger partial charge is 0.334 e. The van der Waals surface area contributed by atoms with Gasteiger partial charge in [-0.25, -0.2) is 4.79 Å². The molecule has 2 N–H and O–H groups in total. The lowest BCUT2D eigenvalue weighted by Crippen LogP contribution is -2.43. The standard InChI is InChI=1S/C10H18N4O/c1-4-14(8(2)3)10(15)11-5-9-6-12-13-7-9/h6-8H,4-5H2,1-3H3,(H,11,15)(H,12,13). The number of H-pyrrole nitrogens is 1. The number of hydrogen-bond acceptors (Lipinski definition) is 2. The third-order valence-electron chi connectivity index (χ3n) is 2.22. The highest BCUT2D eigenvalue weighted by Crippen LogP contribution is 1.99. The van der Waals surface area contributed by atoms with Crippen molar-refractivity contribution < 1.29 is 4.79 Å². The van der Waals surface area contributed by atoms with Gasteiger partial charge in [-0.3, -0.25) is 5.10 Å². The SMILES string of the molecule is CCN(C(=O)NCc1cn[nH]c1)C(C)C. The molecule has 0 bridgehead atoms. The first-order valence-electron chi connectivity index (χ1n) is 5.17. The third-order valence-corrected chi connectivity index (χ3v) is 2.22. The summed E-state index contributed by atoms with van der Waals surface area (Å²) in [5, 5.41) is 9.36. The van der Waals surface area contributed by atoms with E-state index in [4.69, 9.17) is 0 Å². The maximum absolute atomic E-state index is 11.7. The fourth-order valence-electron chi connectivity index (χ4n) is 1.40. The molecule has 0 aliphatic heterocycles. The van der Waals surface area contributed by atoms with Crippen LogP contribution in [0.5, 0.6) is 0 Å². The monoisotopic (exact) mass is 210 g/mol. The number of hydrogen-bond donors (Lipinski definition) is 2. The predicted molar refractivity (Wildman–Crippen MR) is 58.3 cm³/mol. The van der Waals surface area contributed by atoms with Crippen molar-refractivity contribution in [1.29, 1.82) is 0 Å². The van der Waals surface area contributed by atoms with Crippen LogP contribution in [0.15, 0.2) is 12.4 Å². The van der Waals surface area contributed by atoms with Crippen molar-refractivity contribution in [2.45, 2.75) is 33.4 Å². The van der Waals surface area contributed by atoms with Gasteiger partial charge in [-0.05, 0) is 20.8 Å². The summed E-state index contributed by atoms with van der Waals surface area (Å²) in [4.78, 5) is 13.5. The Labute approximate surface area is 89.9 Å². The summed E-state index contributed by atoms with van der Waals surface area (Å²) in [7, 11) is 0. The topological polar surface area (TPSA) is 61.0 Å². The summed E-state index contributed by atoms with van der Waals surface area (Å²) in [6, 6.07) is 0.188. The van der Waals surface area contributed by atoms with Crippen LogP contribution in [-0.4, -0.2) is 33.7 Å². The Hall–Kier alpha value is -1.52. The lowest BCUT2D eigenvalue weighted by Gasteiger charge is -2.25. The molecule has 0 aliphatic rings. The lowest BCUT2D eigenvalue weighted by molar-refractivity contribution is 0.186. The minimum atomic E-state index is -0.0336. The molecule has 0 saturated heterocycles. The summed E-state index contributed by atoms with van der Waals surface area (Å²) in [5.41, 5.74) is 0.975. The Bertz CT molecular complexity index is 294. The van der Waals surface area contributed by atoms with Gasteiger partial charge in [-0.15, -0.1) is 0 Å². The molecule has 0 spiro atoms. The Morgan fingerprint density at radius 2 is 2.40 bits per heavy atom. The summed E-state index contributed by atoms with van der Waals surface area (Å²) in [5.74, 6) is 0. The molecule has 1 rings (SSSR count). The maximum Gasteiger partial charge on any atom is 0.317 e. The van der Waals surface area contributed by atoms with Crippen molar-refractivity contribution >= 4 is 6.03 Å². The third kappa shape index (κ3) is 3.27. The number of nitrogens with zero attached hydrogens (tertiary/aromatic N) is 2. The van der Waals surface area contributed by atoms with Crippen LogP contribution in [0.1, 0.15) is 26.3 Å². The van der Waals surface area contributed by atoms with E-state index in [0.717, 1.165) is 12.1 Å². The molecule has 1 heterocycles. The average Bonchev–Trinajstić information content (AvgIpc) is 2.67. The van der Waals surface area contributed by atoms with Crippen molar-refractivity contribution in [3.8, 4) is 0 Å². The number of nitrogens with one attached hydrogen (secondary N) is 2. The van der Waals surface area contributed by atoms with E-state index in [1.54, 1.807) is 17.3 Å². The van der Waals surface area contributed by atoms with Crippen LogP contribution in [0.3, 0.4) is 0 Å². The van der Waals surface area contributed by atoms with E-state index in [2.05, 4.69) is 15.5 Å². The number of amides is 2. The van der Waals surface area contributed by atoms with Gasteiger partial charge in [-0.1, -0.05) is 0 Å². The molecule has 0 aromatic carbocycles. The Balaban J connectivity index is 2.41. The molecule has 15 heavy (non-hydrogen) atoms. The molecule has 5 heteroatoms. The predicted octanol–water partition coefficient (Wildman–Crippen LogP) is 1.35. The zero-order chi connectivity index (χ0) is 11.3. The van der Waals surface area contributed by atoms with Crippen molar-refractivity contribution in [3.63, 3.8) is 0 Å². The Morgan fingerprint density at radius 1 is 1.67 bits per heavy atom. The molecule has 0 atom stereocenters. The first-order chi connectivity index (χ1) is 7.15. The van der Waals surface area contributed by atoms with E-state index in [-0.39, 0.29) is 12.1 Å². The van der Waals surface area contributed by atoms with E-state index in [1.807, 2.05) is 20.8 Å². The maximum atomic E-state index is 11.7. The van der Waals surface area contributed by atoms with Gasteiger partial charge in [0.2, 0.25) is 0 Å². The quantitative estimate of drug-likeness (QED) is 0.788. The Morgan fingerprint density at radius 3 is 2.87 bits per heavy atom. The van der Waals surface area contributed by atoms with E-state index < -0.39 is 0 Å². The van der Waals surface area contributed by atoms with Crippen LogP contribution in [0.2, 0.25) is 0 Å². The average molecular weight is 210 g/mol. The highest BCUT2D eigenvalue weighted by atomic mass is 16.2. The molecule has 2 amide bonds. The smallest absolute Gasteiger partial charge is 0.317 e. The van der Waals surface area contributed by atoms with Gasteiger partial charge >= 0.3 is 6.03 Å². The molecule has 84 valence electrons. The van der Waals surface area contributed by atoms with Gasteiger partial charge < -0.3 is 10.2 Å². The number of aromatic amines is 1. The van der Waals surface area contributed by atoms with Gasteiger partial charge in [0.05, 0.1) is 6.20 Å². The molecule has 1 aromatic heterocycles. The number of rotatable bonds is 4. The van der Waals surface area contributed by atoms with E-state index in [0.29, 0.717) is 6.54 Å². The number of carbonyl (C=O) groups excluding carboxylic acids is 1. The van der Waals surface area contributed by atoms with Crippen LogP contribution >= 0.6 is 0 Å². The van der Waals surface area contributed by atoms with E-state index in [1.165, 1.54) is 0 Å². The van der Waals surface area contributed by atoms with Crippen LogP contribution in [0, 0.1) is 0 Å². The summed E-state index contributed by atoms with van der Waals surface area (Å²) in [6.45, 7) is 7.20. The molecular formula is C10H18N4O. The molecule has 0 aliphatic carbocycles. The second-order valence-corrected chi connectivity index (χ2v) is 3.65. The molecule has 0 radical (unpaired) electrons. The molecule has 1 aromatic rings. The minimum Gasteiger partial charge on any atom is -0.334 e. The van der Waals surface area contributed by atoms with Gasteiger partial charge in [0.1, 0.15) is 0 Å². The molecule has 0 fully saturated rings. The number of aromatic nitrogens is 2. The second-order valence-electron chi connectivity index (χ2n) is 3.65. The minimum absolute atomic E-state index is 0.0336. The van der Waals surface area contributed by atoms with Crippen molar-refractivity contribution in [1.82, 2.24) is 20.4 Å². The molecule has 5 nitrogen and oxygen atoms in total. The molecule has 0 saturated carbocycles. The van der Waals surface area contributed by atoms with Crippen molar-refractivity contribution in [3.05, 3.63) is 18.0 Å². The van der Waals surface area contributed by atoms with Crippen LogP contribution < -0.4 is 5.32 Å². The van der Waals surface area contributed by atoms with Gasteiger partial charge in [-0.2, -0.15) is 5.10 Å². The van der Waals surface area contributed by atoms with Gasteiger partial charge in [0.15, 0.2) is 0 Å². The fourth-order valence-corrected chi connectivity index (χ4v) is 1.40. The van der Waals surface area contributed by atoms with Gasteiger partial charge in [0.25, 0.3) is 0 Å². The van der Waals surface area contributed by atoms with Gasteiger partial charge in [0, 0.05) is 30.9 Å². The summed E-state index contributed by atoms with van der Waals surface area (Å²) < 4.78 is 0. The summed E-state index contributed by atoms with van der Waals surface area (Å²) in [6.07, 6.45) is 3.47. The van der Waals surface area contributed by atoms with Crippen LogP contribution in [0.25, 0.3) is 0 Å². The van der Waals surface area contributed by atoms with Crippen LogP contribution in [0.4, 0.5) is 4.79 Å². The highest BCUT2D eigenvalue weighted by molar-refractivity contribution is 5.74. The summed E-state index contributed by atoms with van der Waals surface area (Å²) >= 11 is 0. The van der Waals surface area contributed by atoms with Crippen molar-refractivity contribution in [2.24, 2.45) is 0 Å². The fraction of sp³-hybridized carbons (Fsp3) is 0.600. The lowest BCUT2D eigenvalue weighted by atomic mass is 10.3. The molecular weight excluding hydrogens is 192 g/mol. The van der Waals surface area contributed by atoms with Crippen LogP contribution in [-0.2, 0) is 6.54 Å². The molecule has 0 unspecified atom stereocenters. The zero-order valence-corrected chi connectivity index (χ0v) is 9.45. The zero-order valence-electron chi connectivity index (χ0n) is 9.45. The van der Waals surface area contributed by atoms with Crippen molar-refractivity contribution in [2.75, 3.05) is 6.54 Å². The second kappa shape index (κ2) is 5.38. The Kier molecular flexibility index (Phi) is 4.15. The number of carbonyl (C=O) groups is 1. The highest BCUT2D eigenvalue weighted by Gasteiger charge is 2.13. The number of urea groups is 1. The first kappa shape index (κ1) is 11.6. The van der Waals surface area contributed by atoms with E-state index >= 15 is 0 Å².